The zero-order valence-electron chi connectivity index (χ0n) is 14.3. The van der Waals surface area contributed by atoms with Gasteiger partial charge in [0.25, 0.3) is 5.91 Å². The van der Waals surface area contributed by atoms with Gasteiger partial charge >= 0.3 is 5.97 Å². The molecule has 0 radical (unpaired) electrons. The number of amides is 1. The van der Waals surface area contributed by atoms with Crippen LogP contribution in [-0.2, 0) is 0 Å². The third-order valence-corrected chi connectivity index (χ3v) is 5.26. The highest BCUT2D eigenvalue weighted by Crippen LogP contribution is 2.36. The summed E-state index contributed by atoms with van der Waals surface area (Å²) < 4.78 is 28.0. The van der Waals surface area contributed by atoms with E-state index in [-0.39, 0.29) is 21.8 Å². The Labute approximate surface area is 171 Å². The topological polar surface area (TPSA) is 83.7 Å². The van der Waals surface area contributed by atoms with Crippen LogP contribution in [0.15, 0.2) is 48.0 Å². The number of carboxylic acids is 1. The van der Waals surface area contributed by atoms with Gasteiger partial charge in [0.2, 0.25) is 0 Å². The number of fused-ring (bicyclic) bond motifs is 1. The van der Waals surface area contributed by atoms with Gasteiger partial charge in [0.05, 0.1) is 6.20 Å². The normalized spacial score (nSPS) is 11.0. The Morgan fingerprint density at radius 1 is 1.17 bits per heavy atom. The van der Waals surface area contributed by atoms with Gasteiger partial charge in [0, 0.05) is 22.0 Å². The number of carbonyl (C=O) groups excluding carboxylic acids is 1. The molecule has 0 bridgehead atoms. The smallest absolute Gasteiger partial charge is 0.339 e. The zero-order valence-corrected chi connectivity index (χ0v) is 15.9. The number of aromatic nitrogens is 2. The number of aromatic carboxylic acids is 1. The first-order valence-corrected chi connectivity index (χ1v) is 9.36. The third kappa shape index (κ3) is 3.57. The maximum Gasteiger partial charge on any atom is 0.339 e. The van der Waals surface area contributed by atoms with E-state index in [1.807, 2.05) is 0 Å². The number of anilines is 1. The van der Waals surface area contributed by atoms with Crippen molar-refractivity contribution in [3.05, 3.63) is 75.9 Å². The van der Waals surface area contributed by atoms with Gasteiger partial charge in [-0.3, -0.25) is 4.79 Å². The maximum atomic E-state index is 13.8. The summed E-state index contributed by atoms with van der Waals surface area (Å²) in [6.07, 6.45) is 0.932. The quantitative estimate of drug-likeness (QED) is 0.477. The van der Waals surface area contributed by atoms with Crippen molar-refractivity contribution in [2.45, 2.75) is 0 Å². The van der Waals surface area contributed by atoms with Crippen molar-refractivity contribution in [2.75, 3.05) is 5.32 Å². The van der Waals surface area contributed by atoms with Gasteiger partial charge in [-0.2, -0.15) is 5.10 Å². The SMILES string of the molecule is O=C(Nc1scc(-c2ccc(Cl)cc2)c1C(=O)O)c1cc2c(F)cc(F)cn2n1. The van der Waals surface area contributed by atoms with E-state index in [9.17, 15) is 23.5 Å². The summed E-state index contributed by atoms with van der Waals surface area (Å²) >= 11 is 6.89. The van der Waals surface area contributed by atoms with Gasteiger partial charge < -0.3 is 10.4 Å². The van der Waals surface area contributed by atoms with E-state index in [4.69, 9.17) is 11.6 Å². The summed E-state index contributed by atoms with van der Waals surface area (Å²) in [5.41, 5.74) is 0.674. The number of carbonyl (C=O) groups is 2. The first kappa shape index (κ1) is 19.0. The molecule has 29 heavy (non-hydrogen) atoms. The molecule has 0 fully saturated rings. The monoisotopic (exact) mass is 433 g/mol. The molecule has 0 aliphatic carbocycles. The lowest BCUT2D eigenvalue weighted by Gasteiger charge is -2.05. The van der Waals surface area contributed by atoms with E-state index in [0.717, 1.165) is 28.1 Å². The number of carboxylic acid groups (broad SMARTS) is 1. The van der Waals surface area contributed by atoms with E-state index in [0.29, 0.717) is 22.2 Å². The molecule has 2 N–H and O–H groups in total. The molecule has 0 saturated heterocycles. The summed E-state index contributed by atoms with van der Waals surface area (Å²) in [5.74, 6) is -3.69. The van der Waals surface area contributed by atoms with Crippen LogP contribution in [0.25, 0.3) is 16.6 Å². The minimum atomic E-state index is -1.23. The number of rotatable bonds is 4. The number of nitrogens with one attached hydrogen (secondary N) is 1. The van der Waals surface area contributed by atoms with Crippen LogP contribution >= 0.6 is 22.9 Å². The fourth-order valence-electron chi connectivity index (χ4n) is 2.80. The predicted molar refractivity (Wildman–Crippen MR) is 105 cm³/mol. The van der Waals surface area contributed by atoms with Crippen LogP contribution in [0.5, 0.6) is 0 Å². The molecule has 4 rings (SSSR count). The third-order valence-electron chi connectivity index (χ3n) is 4.11. The lowest BCUT2D eigenvalue weighted by molar-refractivity contribution is 0.0699. The van der Waals surface area contributed by atoms with E-state index < -0.39 is 23.5 Å². The van der Waals surface area contributed by atoms with E-state index in [1.54, 1.807) is 29.6 Å². The summed E-state index contributed by atoms with van der Waals surface area (Å²) in [4.78, 5) is 24.3. The molecule has 0 spiro atoms. The van der Waals surface area contributed by atoms with Crippen LogP contribution in [0.2, 0.25) is 5.02 Å². The summed E-state index contributed by atoms with van der Waals surface area (Å²) in [6.45, 7) is 0. The molecule has 146 valence electrons. The second kappa shape index (κ2) is 7.26. The molecule has 6 nitrogen and oxygen atoms in total. The largest absolute Gasteiger partial charge is 0.478 e. The van der Waals surface area contributed by atoms with Crippen molar-refractivity contribution in [1.82, 2.24) is 9.61 Å². The highest BCUT2D eigenvalue weighted by atomic mass is 35.5. The Hall–Kier alpha value is -3.30. The number of halogens is 3. The van der Waals surface area contributed by atoms with Crippen molar-refractivity contribution >= 4 is 45.3 Å². The zero-order chi connectivity index (χ0) is 20.7. The van der Waals surface area contributed by atoms with E-state index in [1.165, 1.54) is 0 Å². The van der Waals surface area contributed by atoms with Crippen LogP contribution in [-0.4, -0.2) is 26.6 Å². The Morgan fingerprint density at radius 2 is 1.90 bits per heavy atom. The highest BCUT2D eigenvalue weighted by Gasteiger charge is 2.23. The first-order valence-electron chi connectivity index (χ1n) is 8.10. The first-order chi connectivity index (χ1) is 13.8. The van der Waals surface area contributed by atoms with Crippen molar-refractivity contribution in [3.8, 4) is 11.1 Å². The van der Waals surface area contributed by atoms with Gasteiger partial charge in [-0.15, -0.1) is 11.3 Å². The number of thiophene rings is 1. The van der Waals surface area contributed by atoms with Crippen molar-refractivity contribution in [3.63, 3.8) is 0 Å². The molecule has 10 heteroatoms. The molecule has 0 aliphatic rings. The predicted octanol–water partition coefficient (Wildman–Crippen LogP) is 4.94. The molecular weight excluding hydrogens is 424 g/mol. The Morgan fingerprint density at radius 3 is 2.59 bits per heavy atom. The second-order valence-corrected chi connectivity index (χ2v) is 7.30. The lowest BCUT2D eigenvalue weighted by atomic mass is 10.0. The van der Waals surface area contributed by atoms with Crippen LogP contribution in [0.1, 0.15) is 20.8 Å². The molecule has 0 aliphatic heterocycles. The molecule has 1 amide bonds. The molecule has 3 aromatic heterocycles. The van der Waals surface area contributed by atoms with Crippen LogP contribution in [0.3, 0.4) is 0 Å². The molecule has 0 atom stereocenters. The molecular formula is C19H10ClF2N3O3S. The minimum absolute atomic E-state index is 0.0805. The standard InChI is InChI=1S/C19H10ClF2N3O3S/c20-10-3-1-9(2-4-10)12-8-29-18(16(12)19(27)28)23-17(26)14-6-15-13(22)5-11(21)7-25(15)24-14/h1-8H,(H,23,26)(H,27,28). The number of pyridine rings is 1. The lowest BCUT2D eigenvalue weighted by Crippen LogP contribution is -2.14. The van der Waals surface area contributed by atoms with Crippen molar-refractivity contribution in [2.24, 2.45) is 0 Å². The van der Waals surface area contributed by atoms with Crippen LogP contribution < -0.4 is 5.32 Å². The van der Waals surface area contributed by atoms with Gasteiger partial charge in [-0.25, -0.2) is 18.1 Å². The second-order valence-electron chi connectivity index (χ2n) is 5.99. The fourth-order valence-corrected chi connectivity index (χ4v) is 3.88. The van der Waals surface area contributed by atoms with Gasteiger partial charge in [0.1, 0.15) is 21.9 Å². The number of benzene rings is 1. The van der Waals surface area contributed by atoms with Gasteiger partial charge in [-0.05, 0) is 23.8 Å². The molecule has 1 aromatic carbocycles. The Bertz CT molecular complexity index is 1270. The van der Waals surface area contributed by atoms with Gasteiger partial charge in [-0.1, -0.05) is 23.7 Å². The van der Waals surface area contributed by atoms with Crippen LogP contribution in [0.4, 0.5) is 13.8 Å². The van der Waals surface area contributed by atoms with Crippen molar-refractivity contribution in [1.29, 1.82) is 0 Å². The van der Waals surface area contributed by atoms with Crippen molar-refractivity contribution < 1.29 is 23.5 Å². The Kier molecular flexibility index (Phi) is 4.77. The van der Waals surface area contributed by atoms with Crippen LogP contribution in [0, 0.1) is 11.6 Å². The Balaban J connectivity index is 1.69. The van der Waals surface area contributed by atoms with E-state index >= 15 is 0 Å². The average Bonchev–Trinajstić information content (AvgIpc) is 3.27. The molecule has 3 heterocycles. The van der Waals surface area contributed by atoms with Gasteiger partial charge in [0.15, 0.2) is 11.5 Å². The van der Waals surface area contributed by atoms with E-state index in [2.05, 4.69) is 10.4 Å². The molecule has 0 saturated carbocycles. The summed E-state index contributed by atoms with van der Waals surface area (Å²) in [7, 11) is 0. The number of hydrogen-bond donors (Lipinski definition) is 2. The highest BCUT2D eigenvalue weighted by molar-refractivity contribution is 7.15. The maximum absolute atomic E-state index is 13.8. The number of hydrogen-bond acceptors (Lipinski definition) is 4. The molecule has 4 aromatic rings. The minimum Gasteiger partial charge on any atom is -0.478 e. The summed E-state index contributed by atoms with van der Waals surface area (Å²) in [6, 6.07) is 8.42. The average molecular weight is 434 g/mol. The summed E-state index contributed by atoms with van der Waals surface area (Å²) in [5, 5.41) is 18.2. The number of nitrogens with zero attached hydrogens (tertiary/aromatic N) is 2. The molecule has 0 unspecified atom stereocenters. The fraction of sp³-hybridized carbons (Fsp3) is 0.